The molecule has 0 heterocycles. The van der Waals surface area contributed by atoms with Gasteiger partial charge in [0.25, 0.3) is 0 Å². The fourth-order valence-corrected chi connectivity index (χ4v) is 5.58. The van der Waals surface area contributed by atoms with Crippen LogP contribution in [0.15, 0.2) is 45.3 Å². The highest BCUT2D eigenvalue weighted by Crippen LogP contribution is 2.55. The topological polar surface area (TPSA) is 12.0 Å². The van der Waals surface area contributed by atoms with Gasteiger partial charge in [0.2, 0.25) is 0 Å². The van der Waals surface area contributed by atoms with Gasteiger partial charge in [0.15, 0.2) is 0 Å². The zero-order chi connectivity index (χ0) is 20.0. The highest BCUT2D eigenvalue weighted by Gasteiger charge is 2.42. The van der Waals surface area contributed by atoms with Crippen LogP contribution >= 0.6 is 31.9 Å². The smallest absolute Gasteiger partial charge is 0.0216 e. The molecule has 28 heavy (non-hydrogen) atoms. The lowest BCUT2D eigenvalue weighted by Gasteiger charge is -2.33. The number of halogens is 2. The molecule has 0 aromatic heterocycles. The summed E-state index contributed by atoms with van der Waals surface area (Å²) in [6.07, 6.45) is 11.6. The van der Waals surface area contributed by atoms with E-state index in [0.717, 1.165) is 6.54 Å². The monoisotopic (exact) mass is 505 g/mol. The van der Waals surface area contributed by atoms with E-state index >= 15 is 0 Å². The van der Waals surface area contributed by atoms with Crippen molar-refractivity contribution >= 4 is 31.9 Å². The minimum atomic E-state index is 0.158. The second-order valence-electron chi connectivity index (χ2n) is 8.19. The van der Waals surface area contributed by atoms with Crippen molar-refractivity contribution in [3.8, 4) is 11.1 Å². The van der Waals surface area contributed by atoms with Crippen LogP contribution in [-0.4, -0.2) is 13.6 Å². The molecule has 0 spiro atoms. The van der Waals surface area contributed by atoms with Crippen LogP contribution in [0.3, 0.4) is 0 Å². The predicted molar refractivity (Wildman–Crippen MR) is 129 cm³/mol. The molecule has 2 aromatic rings. The largest absolute Gasteiger partial charge is 0.320 e. The molecule has 0 unspecified atom stereocenters. The van der Waals surface area contributed by atoms with Gasteiger partial charge < -0.3 is 5.32 Å². The first-order valence-electron chi connectivity index (χ1n) is 10.9. The third kappa shape index (κ3) is 4.74. The summed E-state index contributed by atoms with van der Waals surface area (Å²) in [5.74, 6) is 0. The quantitative estimate of drug-likeness (QED) is 0.302. The normalized spacial score (nSPS) is 14.1. The summed E-state index contributed by atoms with van der Waals surface area (Å²) in [6, 6.07) is 13.8. The molecule has 0 saturated carbocycles. The van der Waals surface area contributed by atoms with Crippen molar-refractivity contribution < 1.29 is 0 Å². The Morgan fingerprint density at radius 2 is 1.29 bits per heavy atom. The molecule has 3 heteroatoms. The fraction of sp³-hybridized carbons (Fsp3) is 0.520. The third-order valence-electron chi connectivity index (χ3n) is 6.27. The summed E-state index contributed by atoms with van der Waals surface area (Å²) in [5, 5.41) is 3.29. The van der Waals surface area contributed by atoms with Crippen molar-refractivity contribution in [2.45, 2.75) is 70.1 Å². The summed E-state index contributed by atoms with van der Waals surface area (Å²) in [6.45, 7) is 3.42. The molecule has 1 nitrogen and oxygen atoms in total. The molecular weight excluding hydrogens is 474 g/mol. The minimum Gasteiger partial charge on any atom is -0.320 e. The Hall–Kier alpha value is -0.640. The summed E-state index contributed by atoms with van der Waals surface area (Å²) in [4.78, 5) is 0. The predicted octanol–water partition coefficient (Wildman–Crippen LogP) is 8.23. The van der Waals surface area contributed by atoms with Crippen molar-refractivity contribution in [1.82, 2.24) is 5.32 Å². The molecule has 0 amide bonds. The van der Waals surface area contributed by atoms with Crippen molar-refractivity contribution in [2.75, 3.05) is 13.6 Å². The lowest BCUT2D eigenvalue weighted by Crippen LogP contribution is -2.25. The van der Waals surface area contributed by atoms with Gasteiger partial charge in [-0.25, -0.2) is 0 Å². The third-order valence-corrected chi connectivity index (χ3v) is 7.26. The van der Waals surface area contributed by atoms with E-state index in [-0.39, 0.29) is 5.41 Å². The van der Waals surface area contributed by atoms with Gasteiger partial charge in [0, 0.05) is 14.4 Å². The summed E-state index contributed by atoms with van der Waals surface area (Å²) < 4.78 is 2.40. The molecule has 0 atom stereocenters. The Morgan fingerprint density at radius 1 is 0.750 bits per heavy atom. The molecule has 2 aromatic carbocycles. The molecule has 0 bridgehead atoms. The second kappa shape index (κ2) is 10.4. The first kappa shape index (κ1) is 22.1. The van der Waals surface area contributed by atoms with E-state index < -0.39 is 0 Å². The van der Waals surface area contributed by atoms with Crippen molar-refractivity contribution in [1.29, 1.82) is 0 Å². The lowest BCUT2D eigenvalue weighted by molar-refractivity contribution is 0.400. The van der Waals surface area contributed by atoms with Crippen LogP contribution in [-0.2, 0) is 5.41 Å². The maximum Gasteiger partial charge on any atom is 0.0216 e. The standard InChI is InChI=1S/C25H33Br2N/c1-3-4-5-7-14-25(15-8-6-9-16-28-2)23-17-19(26)10-12-21(23)22-13-11-20(27)18-24(22)25/h10-13,17-18,28H,3-9,14-16H2,1-2H3. The SMILES string of the molecule is CCCCCCC1(CCCCCNC)c2cc(Br)ccc2-c2ccc(Br)cc21. The number of rotatable bonds is 11. The average Bonchev–Trinajstić information content (AvgIpc) is 2.94. The van der Waals surface area contributed by atoms with Gasteiger partial charge in [-0.2, -0.15) is 0 Å². The van der Waals surface area contributed by atoms with Crippen molar-refractivity contribution in [3.05, 3.63) is 56.5 Å². The van der Waals surface area contributed by atoms with E-state index in [2.05, 4.69) is 80.5 Å². The van der Waals surface area contributed by atoms with E-state index in [1.165, 1.54) is 77.9 Å². The molecule has 152 valence electrons. The Labute approximate surface area is 188 Å². The van der Waals surface area contributed by atoms with Crippen LogP contribution < -0.4 is 5.32 Å². The van der Waals surface area contributed by atoms with Gasteiger partial charge in [0.1, 0.15) is 0 Å². The second-order valence-corrected chi connectivity index (χ2v) is 10.0. The number of hydrogen-bond donors (Lipinski definition) is 1. The van der Waals surface area contributed by atoms with Crippen molar-refractivity contribution in [2.24, 2.45) is 0 Å². The van der Waals surface area contributed by atoms with Crippen molar-refractivity contribution in [3.63, 3.8) is 0 Å². The Bertz CT molecular complexity index is 733. The Morgan fingerprint density at radius 3 is 1.79 bits per heavy atom. The van der Waals surface area contributed by atoms with E-state index in [1.54, 1.807) is 11.1 Å². The van der Waals surface area contributed by atoms with Crippen LogP contribution in [0.1, 0.15) is 75.8 Å². The molecule has 0 aliphatic heterocycles. The highest BCUT2D eigenvalue weighted by molar-refractivity contribution is 9.10. The van der Waals surface area contributed by atoms with Gasteiger partial charge in [-0.05, 0) is 79.4 Å². The molecule has 1 aliphatic rings. The number of benzene rings is 2. The van der Waals surface area contributed by atoms with Gasteiger partial charge in [-0.3, -0.25) is 0 Å². The zero-order valence-corrected chi connectivity index (χ0v) is 20.5. The lowest BCUT2D eigenvalue weighted by atomic mass is 9.70. The molecule has 1 aliphatic carbocycles. The fourth-order valence-electron chi connectivity index (χ4n) is 4.86. The zero-order valence-electron chi connectivity index (χ0n) is 17.3. The summed E-state index contributed by atoms with van der Waals surface area (Å²) in [7, 11) is 2.05. The van der Waals surface area contributed by atoms with Gasteiger partial charge >= 0.3 is 0 Å². The molecule has 0 saturated heterocycles. The Balaban J connectivity index is 1.97. The van der Waals surface area contributed by atoms with E-state index in [0.29, 0.717) is 0 Å². The summed E-state index contributed by atoms with van der Waals surface area (Å²) >= 11 is 7.51. The number of fused-ring (bicyclic) bond motifs is 3. The van der Waals surface area contributed by atoms with Crippen LogP contribution in [0, 0.1) is 0 Å². The maximum absolute atomic E-state index is 3.75. The molecule has 3 rings (SSSR count). The molecule has 0 fully saturated rings. The average molecular weight is 507 g/mol. The first-order chi connectivity index (χ1) is 13.6. The Kier molecular flexibility index (Phi) is 8.20. The first-order valence-corrected chi connectivity index (χ1v) is 12.5. The van der Waals surface area contributed by atoms with Gasteiger partial charge in [0.05, 0.1) is 0 Å². The maximum atomic E-state index is 3.75. The van der Waals surface area contributed by atoms with Crippen LogP contribution in [0.4, 0.5) is 0 Å². The highest BCUT2D eigenvalue weighted by atomic mass is 79.9. The number of unbranched alkanes of at least 4 members (excludes halogenated alkanes) is 5. The number of hydrogen-bond acceptors (Lipinski definition) is 1. The van der Waals surface area contributed by atoms with Crippen LogP contribution in [0.5, 0.6) is 0 Å². The summed E-state index contributed by atoms with van der Waals surface area (Å²) in [5.41, 5.74) is 6.12. The minimum absolute atomic E-state index is 0.158. The number of nitrogens with one attached hydrogen (secondary N) is 1. The van der Waals surface area contributed by atoms with Gasteiger partial charge in [-0.1, -0.05) is 89.4 Å². The van der Waals surface area contributed by atoms with E-state index in [4.69, 9.17) is 0 Å². The molecule has 0 radical (unpaired) electrons. The molecular formula is C25H33Br2N. The van der Waals surface area contributed by atoms with E-state index in [9.17, 15) is 0 Å². The van der Waals surface area contributed by atoms with E-state index in [1.807, 2.05) is 7.05 Å². The molecule has 1 N–H and O–H groups in total. The van der Waals surface area contributed by atoms with Crippen LogP contribution in [0.25, 0.3) is 11.1 Å². The van der Waals surface area contributed by atoms with Gasteiger partial charge in [-0.15, -0.1) is 0 Å². The van der Waals surface area contributed by atoms with Crippen LogP contribution in [0.2, 0.25) is 0 Å².